The molecule has 0 atom stereocenters. The van der Waals surface area contributed by atoms with Gasteiger partial charge in [0, 0.05) is 24.2 Å². The van der Waals surface area contributed by atoms with E-state index in [1.54, 1.807) is 24.3 Å². The van der Waals surface area contributed by atoms with Gasteiger partial charge in [-0.1, -0.05) is 29.5 Å². The Bertz CT molecular complexity index is 1320. The molecule has 2 amide bonds. The van der Waals surface area contributed by atoms with Gasteiger partial charge in [-0.25, -0.2) is 4.68 Å². The Hall–Kier alpha value is -4.20. The molecule has 0 radical (unpaired) electrons. The molecular weight excluding hydrogens is 416 g/mol. The van der Waals surface area contributed by atoms with Crippen LogP contribution in [0.25, 0.3) is 11.0 Å². The van der Waals surface area contributed by atoms with Crippen LogP contribution in [0.3, 0.4) is 0 Å². The maximum absolute atomic E-state index is 13.0. The highest BCUT2D eigenvalue weighted by Crippen LogP contribution is 2.30. The zero-order chi connectivity index (χ0) is 22.8. The lowest BCUT2D eigenvalue weighted by atomic mass is 10.1. The Labute approximate surface area is 191 Å². The fourth-order valence-corrected chi connectivity index (χ4v) is 4.19. The van der Waals surface area contributed by atoms with Gasteiger partial charge in [-0.2, -0.15) is 0 Å². The van der Waals surface area contributed by atoms with Crippen molar-refractivity contribution in [2.24, 2.45) is 5.73 Å². The van der Waals surface area contributed by atoms with E-state index < -0.39 is 5.91 Å². The van der Waals surface area contributed by atoms with Gasteiger partial charge >= 0.3 is 0 Å². The molecule has 1 saturated heterocycles. The number of nitrogens with one attached hydrogen (secondary N) is 1. The zero-order valence-electron chi connectivity index (χ0n) is 18.1. The number of amides is 2. The van der Waals surface area contributed by atoms with Crippen molar-refractivity contribution in [3.8, 4) is 0 Å². The normalized spacial score (nSPS) is 13.4. The Balaban J connectivity index is 1.35. The van der Waals surface area contributed by atoms with Crippen molar-refractivity contribution < 1.29 is 9.59 Å². The van der Waals surface area contributed by atoms with Crippen LogP contribution in [0, 0.1) is 0 Å². The summed E-state index contributed by atoms with van der Waals surface area (Å²) in [6.45, 7) is 2.40. The monoisotopic (exact) mass is 440 g/mol. The Morgan fingerprint density at radius 1 is 0.939 bits per heavy atom. The van der Waals surface area contributed by atoms with Gasteiger partial charge in [-0.05, 0) is 60.9 Å². The molecule has 8 nitrogen and oxygen atoms in total. The lowest BCUT2D eigenvalue weighted by Gasteiger charge is -2.22. The summed E-state index contributed by atoms with van der Waals surface area (Å²) in [4.78, 5) is 26.9. The van der Waals surface area contributed by atoms with Gasteiger partial charge in [0.15, 0.2) is 0 Å². The van der Waals surface area contributed by atoms with E-state index in [1.807, 2.05) is 47.1 Å². The van der Waals surface area contributed by atoms with E-state index in [4.69, 9.17) is 5.73 Å². The van der Waals surface area contributed by atoms with Crippen molar-refractivity contribution in [1.29, 1.82) is 0 Å². The van der Waals surface area contributed by atoms with E-state index in [0.29, 0.717) is 23.4 Å². The number of fused-ring (bicyclic) bond motifs is 1. The van der Waals surface area contributed by atoms with Gasteiger partial charge in [0.1, 0.15) is 5.52 Å². The number of aromatic nitrogens is 3. The van der Waals surface area contributed by atoms with Gasteiger partial charge in [-0.15, -0.1) is 5.10 Å². The molecule has 0 aliphatic carbocycles. The Kier molecular flexibility index (Phi) is 5.48. The predicted molar refractivity (Wildman–Crippen MR) is 127 cm³/mol. The van der Waals surface area contributed by atoms with Crippen molar-refractivity contribution in [3.63, 3.8) is 0 Å². The first-order chi connectivity index (χ1) is 16.1. The summed E-state index contributed by atoms with van der Waals surface area (Å²) in [5.41, 5.74) is 10.7. The summed E-state index contributed by atoms with van der Waals surface area (Å²) in [6.07, 6.45) is 2.21. The zero-order valence-corrected chi connectivity index (χ0v) is 18.1. The van der Waals surface area contributed by atoms with E-state index in [1.165, 1.54) is 0 Å². The highest BCUT2D eigenvalue weighted by molar-refractivity contribution is 6.07. The van der Waals surface area contributed by atoms with Gasteiger partial charge in [-0.3, -0.25) is 9.59 Å². The number of carbonyl (C=O) groups excluding carboxylic acids is 2. The van der Waals surface area contributed by atoms with Crippen LogP contribution in [0.15, 0.2) is 66.7 Å². The lowest BCUT2D eigenvalue weighted by Crippen LogP contribution is -2.22. The summed E-state index contributed by atoms with van der Waals surface area (Å²) in [5, 5.41) is 11.4. The highest BCUT2D eigenvalue weighted by atomic mass is 16.2. The number of anilines is 2. The second-order valence-corrected chi connectivity index (χ2v) is 8.18. The number of rotatable bonds is 6. The van der Waals surface area contributed by atoms with Gasteiger partial charge in [0.25, 0.3) is 5.91 Å². The first kappa shape index (κ1) is 20.7. The summed E-state index contributed by atoms with van der Waals surface area (Å²) < 4.78 is 1.84. The van der Waals surface area contributed by atoms with E-state index in [-0.39, 0.29) is 5.91 Å². The molecule has 5 rings (SSSR count). The van der Waals surface area contributed by atoms with Crippen LogP contribution >= 0.6 is 0 Å². The summed E-state index contributed by atoms with van der Waals surface area (Å²) in [7, 11) is 0. The van der Waals surface area contributed by atoms with Crippen molar-refractivity contribution in [1.82, 2.24) is 15.0 Å². The van der Waals surface area contributed by atoms with Crippen LogP contribution < -0.4 is 16.0 Å². The number of hydrogen-bond acceptors (Lipinski definition) is 5. The van der Waals surface area contributed by atoms with Crippen LogP contribution in [-0.2, 0) is 6.54 Å². The third kappa shape index (κ3) is 4.27. The smallest absolute Gasteiger partial charge is 0.255 e. The molecule has 1 aliphatic heterocycles. The van der Waals surface area contributed by atoms with Crippen LogP contribution in [0.1, 0.15) is 39.1 Å². The van der Waals surface area contributed by atoms with Crippen LogP contribution in [-0.4, -0.2) is 39.9 Å². The van der Waals surface area contributed by atoms with E-state index in [9.17, 15) is 9.59 Å². The number of hydrogen-bond donors (Lipinski definition) is 2. The first-order valence-electron chi connectivity index (χ1n) is 11.0. The number of nitrogens with two attached hydrogens (primary N) is 1. The van der Waals surface area contributed by atoms with E-state index in [2.05, 4.69) is 20.5 Å². The molecule has 166 valence electrons. The first-order valence-corrected chi connectivity index (χ1v) is 11.0. The minimum absolute atomic E-state index is 0.241. The Morgan fingerprint density at radius 3 is 2.42 bits per heavy atom. The van der Waals surface area contributed by atoms with Crippen LogP contribution in [0.2, 0.25) is 0 Å². The summed E-state index contributed by atoms with van der Waals surface area (Å²) in [5.74, 6) is -0.765. The number of benzene rings is 3. The summed E-state index contributed by atoms with van der Waals surface area (Å²) >= 11 is 0. The quantitative estimate of drug-likeness (QED) is 0.478. The van der Waals surface area contributed by atoms with E-state index >= 15 is 0 Å². The van der Waals surface area contributed by atoms with Gasteiger partial charge < -0.3 is 16.0 Å². The standard InChI is InChI=1S/C25H24N6O2/c26-24(32)19-11-12-22(30-13-3-4-14-30)21(15-19)27-25(33)18-9-7-17(8-10-18)16-31-23-6-2-1-5-20(23)28-29-31/h1-2,5-12,15H,3-4,13-14,16H2,(H2,26,32)(H,27,33). The van der Waals surface area contributed by atoms with Crippen molar-refractivity contribution in [2.45, 2.75) is 19.4 Å². The maximum atomic E-state index is 13.0. The number of primary amides is 1. The van der Waals surface area contributed by atoms with Crippen molar-refractivity contribution in [2.75, 3.05) is 23.3 Å². The number of para-hydroxylation sites is 1. The average molecular weight is 441 g/mol. The third-order valence-corrected chi connectivity index (χ3v) is 5.94. The number of carbonyl (C=O) groups is 2. The van der Waals surface area contributed by atoms with Gasteiger partial charge in [0.2, 0.25) is 5.91 Å². The second-order valence-electron chi connectivity index (χ2n) is 8.18. The molecule has 2 heterocycles. The largest absolute Gasteiger partial charge is 0.370 e. The Morgan fingerprint density at radius 2 is 1.67 bits per heavy atom. The van der Waals surface area contributed by atoms with E-state index in [0.717, 1.165) is 48.2 Å². The fourth-order valence-electron chi connectivity index (χ4n) is 4.19. The molecule has 3 N–H and O–H groups in total. The second kappa shape index (κ2) is 8.74. The average Bonchev–Trinajstić information content (AvgIpc) is 3.50. The highest BCUT2D eigenvalue weighted by Gasteiger charge is 2.19. The molecule has 33 heavy (non-hydrogen) atoms. The van der Waals surface area contributed by atoms with Crippen molar-refractivity contribution in [3.05, 3.63) is 83.4 Å². The molecule has 1 fully saturated rings. The molecule has 0 bridgehead atoms. The fraction of sp³-hybridized carbons (Fsp3) is 0.200. The van der Waals surface area contributed by atoms with Crippen molar-refractivity contribution >= 4 is 34.2 Å². The molecule has 0 unspecified atom stereocenters. The van der Waals surface area contributed by atoms with Gasteiger partial charge in [0.05, 0.1) is 23.4 Å². The minimum Gasteiger partial charge on any atom is -0.370 e. The molecular formula is C25H24N6O2. The lowest BCUT2D eigenvalue weighted by molar-refractivity contribution is 0.0996. The minimum atomic E-state index is -0.525. The van der Waals surface area contributed by atoms with Crippen LogP contribution in [0.5, 0.6) is 0 Å². The molecule has 0 saturated carbocycles. The number of nitrogens with zero attached hydrogens (tertiary/aromatic N) is 4. The molecule has 0 spiro atoms. The SMILES string of the molecule is NC(=O)c1ccc(N2CCCC2)c(NC(=O)c2ccc(Cn3nnc4ccccc43)cc2)c1. The topological polar surface area (TPSA) is 106 Å². The molecule has 4 aromatic rings. The predicted octanol–water partition coefficient (Wildman–Crippen LogP) is 3.43. The molecule has 3 aromatic carbocycles. The van der Waals surface area contributed by atoms with Crippen LogP contribution in [0.4, 0.5) is 11.4 Å². The molecule has 1 aromatic heterocycles. The maximum Gasteiger partial charge on any atom is 0.255 e. The molecule has 1 aliphatic rings. The third-order valence-electron chi connectivity index (χ3n) is 5.94. The summed E-state index contributed by atoms with van der Waals surface area (Å²) in [6, 6.07) is 20.4. The molecule has 8 heteroatoms.